The average molecular weight is 471 g/mol. The zero-order valence-corrected chi connectivity index (χ0v) is 20.8. The van der Waals surface area contributed by atoms with E-state index in [9.17, 15) is 24.3 Å². The van der Waals surface area contributed by atoms with E-state index in [0.717, 1.165) is 49.8 Å². The van der Waals surface area contributed by atoms with Gasteiger partial charge < -0.3 is 19.5 Å². The number of aliphatic hydroxyl groups is 1. The number of carbonyl (C=O) groups excluding carboxylic acids is 4. The maximum atomic E-state index is 12.9. The van der Waals surface area contributed by atoms with Gasteiger partial charge in [0.2, 0.25) is 0 Å². The van der Waals surface area contributed by atoms with Gasteiger partial charge in [-0.2, -0.15) is 0 Å². The summed E-state index contributed by atoms with van der Waals surface area (Å²) in [4.78, 5) is 50.7. The van der Waals surface area contributed by atoms with Crippen LogP contribution in [0.1, 0.15) is 97.8 Å². The normalized spacial score (nSPS) is 17.9. The highest BCUT2D eigenvalue weighted by atomic mass is 16.5. The smallest absolute Gasteiger partial charge is 0.330 e. The Hall–Kier alpha value is -2.16. The number of unbranched alkanes of at least 4 members (excludes halogenated alkanes) is 6. The molecule has 9 nitrogen and oxygen atoms in total. The highest BCUT2D eigenvalue weighted by Gasteiger charge is 2.45. The van der Waals surface area contributed by atoms with Crippen molar-refractivity contribution in [1.29, 1.82) is 0 Å². The number of urea groups is 1. The standard InChI is InChI=1S/C24H42N2O7/c1-5-6-7-12-15-24(3,31)16-17-25-20(13-10-8-9-11-14-21(28)32-4)22(29)26(23(25)30)18-33-19(2)27/h20,31H,5-18H2,1-4H3. The number of nitrogens with zero attached hydrogens (tertiary/aromatic N) is 2. The summed E-state index contributed by atoms with van der Waals surface area (Å²) in [5, 5.41) is 10.7. The number of esters is 2. The molecule has 33 heavy (non-hydrogen) atoms. The van der Waals surface area contributed by atoms with Crippen molar-refractivity contribution in [2.45, 2.75) is 109 Å². The molecule has 1 heterocycles. The zero-order valence-electron chi connectivity index (χ0n) is 20.8. The van der Waals surface area contributed by atoms with Crippen LogP contribution in [0.4, 0.5) is 4.79 Å². The van der Waals surface area contributed by atoms with E-state index in [1.54, 1.807) is 6.92 Å². The maximum absolute atomic E-state index is 12.9. The van der Waals surface area contributed by atoms with Crippen LogP contribution in [0, 0.1) is 0 Å². The van der Waals surface area contributed by atoms with Gasteiger partial charge in [-0.25, -0.2) is 9.69 Å². The van der Waals surface area contributed by atoms with Crippen molar-refractivity contribution in [3.05, 3.63) is 0 Å². The SMILES string of the molecule is CCCCCCC(C)(O)CCN1C(=O)N(COC(C)=O)C(=O)C1CCCCCCC(=O)OC. The number of amides is 3. The van der Waals surface area contributed by atoms with Gasteiger partial charge in [-0.05, 0) is 32.6 Å². The van der Waals surface area contributed by atoms with Crippen LogP contribution in [0.2, 0.25) is 0 Å². The summed E-state index contributed by atoms with van der Waals surface area (Å²) in [6, 6.07) is -1.12. The minimum Gasteiger partial charge on any atom is -0.469 e. The summed E-state index contributed by atoms with van der Waals surface area (Å²) in [5.74, 6) is -1.18. The first-order chi connectivity index (χ1) is 15.6. The summed E-state index contributed by atoms with van der Waals surface area (Å²) in [6.45, 7) is 5.00. The molecule has 9 heteroatoms. The Kier molecular flexibility index (Phi) is 13.0. The molecule has 2 atom stereocenters. The predicted molar refractivity (Wildman–Crippen MR) is 123 cm³/mol. The van der Waals surface area contributed by atoms with Crippen LogP contribution < -0.4 is 0 Å². The molecule has 1 aliphatic rings. The predicted octanol–water partition coefficient (Wildman–Crippen LogP) is 3.76. The maximum Gasteiger partial charge on any atom is 0.330 e. The molecule has 0 aromatic rings. The monoisotopic (exact) mass is 470 g/mol. The van der Waals surface area contributed by atoms with Gasteiger partial charge in [-0.1, -0.05) is 51.9 Å². The molecule has 3 amide bonds. The highest BCUT2D eigenvalue weighted by Crippen LogP contribution is 2.26. The van der Waals surface area contributed by atoms with Crippen LogP contribution in [-0.4, -0.2) is 70.8 Å². The van der Waals surface area contributed by atoms with Crippen molar-refractivity contribution in [1.82, 2.24) is 9.80 Å². The van der Waals surface area contributed by atoms with Crippen LogP contribution in [0.15, 0.2) is 0 Å². The fourth-order valence-electron chi connectivity index (χ4n) is 3.98. The molecule has 0 aromatic heterocycles. The van der Waals surface area contributed by atoms with Crippen LogP contribution in [0.3, 0.4) is 0 Å². The van der Waals surface area contributed by atoms with Gasteiger partial charge >= 0.3 is 18.0 Å². The van der Waals surface area contributed by atoms with E-state index in [4.69, 9.17) is 4.74 Å². The molecule has 1 aliphatic heterocycles. The summed E-state index contributed by atoms with van der Waals surface area (Å²) < 4.78 is 9.53. The van der Waals surface area contributed by atoms with Gasteiger partial charge in [0.15, 0.2) is 6.73 Å². The number of hydrogen-bond acceptors (Lipinski definition) is 7. The molecule has 0 aliphatic carbocycles. The number of rotatable bonds is 17. The lowest BCUT2D eigenvalue weighted by Crippen LogP contribution is -2.40. The van der Waals surface area contributed by atoms with E-state index in [1.807, 2.05) is 0 Å². The van der Waals surface area contributed by atoms with Gasteiger partial charge in [0.25, 0.3) is 5.91 Å². The zero-order chi connectivity index (χ0) is 24.9. The molecule has 0 saturated carbocycles. The Morgan fingerprint density at radius 1 is 1.03 bits per heavy atom. The van der Waals surface area contributed by atoms with E-state index in [0.29, 0.717) is 32.1 Å². The lowest BCUT2D eigenvalue weighted by molar-refractivity contribution is -0.147. The fraction of sp³-hybridized carbons (Fsp3) is 0.833. The number of carbonyl (C=O) groups is 4. The molecule has 1 fully saturated rings. The first-order valence-electron chi connectivity index (χ1n) is 12.2. The van der Waals surface area contributed by atoms with E-state index < -0.39 is 30.4 Å². The van der Waals surface area contributed by atoms with Crippen LogP contribution in [0.5, 0.6) is 0 Å². The minimum atomic E-state index is -0.918. The second-order valence-electron chi connectivity index (χ2n) is 9.11. The van der Waals surface area contributed by atoms with Crippen molar-refractivity contribution in [3.63, 3.8) is 0 Å². The first-order valence-corrected chi connectivity index (χ1v) is 12.2. The van der Waals surface area contributed by atoms with Crippen molar-refractivity contribution in [3.8, 4) is 0 Å². The Morgan fingerprint density at radius 2 is 1.70 bits per heavy atom. The number of ether oxygens (including phenoxy) is 2. The molecular formula is C24H42N2O7. The summed E-state index contributed by atoms with van der Waals surface area (Å²) in [5.41, 5.74) is -0.918. The second kappa shape index (κ2) is 14.9. The van der Waals surface area contributed by atoms with Crippen LogP contribution in [-0.2, 0) is 23.9 Å². The molecule has 190 valence electrons. The van der Waals surface area contributed by atoms with Gasteiger partial charge in [-0.15, -0.1) is 0 Å². The topological polar surface area (TPSA) is 113 Å². The first kappa shape index (κ1) is 28.9. The third kappa shape index (κ3) is 10.5. The minimum absolute atomic E-state index is 0.236. The molecule has 1 rings (SSSR count). The molecule has 2 unspecified atom stereocenters. The number of imide groups is 1. The lowest BCUT2D eigenvalue weighted by atomic mass is 9.94. The Morgan fingerprint density at radius 3 is 2.33 bits per heavy atom. The Labute approximate surface area is 197 Å². The molecule has 0 aromatic carbocycles. The quantitative estimate of drug-likeness (QED) is 0.196. The number of hydrogen-bond donors (Lipinski definition) is 1. The van der Waals surface area contributed by atoms with E-state index in [2.05, 4.69) is 11.7 Å². The van der Waals surface area contributed by atoms with Gasteiger partial charge in [0.05, 0.1) is 12.7 Å². The van der Waals surface area contributed by atoms with E-state index >= 15 is 0 Å². The van der Waals surface area contributed by atoms with Gasteiger partial charge in [0, 0.05) is 19.9 Å². The second-order valence-corrected chi connectivity index (χ2v) is 9.11. The Balaban J connectivity index is 2.67. The molecule has 0 bridgehead atoms. The summed E-state index contributed by atoms with van der Waals surface area (Å²) in [7, 11) is 1.36. The van der Waals surface area contributed by atoms with Crippen molar-refractivity contribution in [2.24, 2.45) is 0 Å². The molecule has 0 spiro atoms. The van der Waals surface area contributed by atoms with Crippen LogP contribution >= 0.6 is 0 Å². The van der Waals surface area contributed by atoms with Crippen molar-refractivity contribution in [2.75, 3.05) is 20.4 Å². The van der Waals surface area contributed by atoms with Crippen molar-refractivity contribution < 1.29 is 33.8 Å². The average Bonchev–Trinajstić information content (AvgIpc) is 2.99. The Bertz CT molecular complexity index is 651. The van der Waals surface area contributed by atoms with E-state index in [-0.39, 0.29) is 18.4 Å². The van der Waals surface area contributed by atoms with Crippen LogP contribution in [0.25, 0.3) is 0 Å². The largest absolute Gasteiger partial charge is 0.469 e. The van der Waals surface area contributed by atoms with E-state index in [1.165, 1.54) is 18.9 Å². The van der Waals surface area contributed by atoms with Gasteiger partial charge in [0.1, 0.15) is 6.04 Å². The van der Waals surface area contributed by atoms with Crippen molar-refractivity contribution >= 4 is 23.9 Å². The highest BCUT2D eigenvalue weighted by molar-refractivity contribution is 6.04. The summed E-state index contributed by atoms with van der Waals surface area (Å²) in [6.07, 6.45) is 9.17. The molecule has 1 saturated heterocycles. The fourth-order valence-corrected chi connectivity index (χ4v) is 3.98. The molecular weight excluding hydrogens is 428 g/mol. The lowest BCUT2D eigenvalue weighted by Gasteiger charge is -2.28. The third-order valence-corrected chi connectivity index (χ3v) is 6.10. The summed E-state index contributed by atoms with van der Waals surface area (Å²) >= 11 is 0. The molecule has 1 N–H and O–H groups in total. The molecule has 0 radical (unpaired) electrons. The van der Waals surface area contributed by atoms with Gasteiger partial charge in [-0.3, -0.25) is 14.4 Å². The number of methoxy groups -OCH3 is 1. The third-order valence-electron chi connectivity index (χ3n) is 6.10.